The van der Waals surface area contributed by atoms with Gasteiger partial charge in [-0.05, 0) is 18.9 Å². The summed E-state index contributed by atoms with van der Waals surface area (Å²) in [5.41, 5.74) is 3.58. The first-order valence-corrected chi connectivity index (χ1v) is 8.06. The molecule has 0 bridgehead atoms. The summed E-state index contributed by atoms with van der Waals surface area (Å²) in [5.74, 6) is 0. The molecule has 0 unspecified atom stereocenters. The Hall–Kier alpha value is -1.92. The van der Waals surface area contributed by atoms with E-state index >= 15 is 0 Å². The lowest BCUT2D eigenvalue weighted by atomic mass is 10.0. The van der Waals surface area contributed by atoms with Gasteiger partial charge < -0.3 is 19.5 Å². The van der Waals surface area contributed by atoms with Gasteiger partial charge in [0.25, 0.3) is 0 Å². The van der Waals surface area contributed by atoms with Crippen molar-refractivity contribution in [2.45, 2.75) is 31.5 Å². The first kappa shape index (κ1) is 16.0. The SMILES string of the molecule is CN(C)c1ccncc1CN[C@H]1CCO[C@H](c2cncn2C)C1. The summed E-state index contributed by atoms with van der Waals surface area (Å²) >= 11 is 0. The lowest BCUT2D eigenvalue weighted by Crippen LogP contribution is -2.36. The van der Waals surface area contributed by atoms with E-state index in [4.69, 9.17) is 4.74 Å². The van der Waals surface area contributed by atoms with Gasteiger partial charge in [0.15, 0.2) is 0 Å². The van der Waals surface area contributed by atoms with Gasteiger partial charge in [0.05, 0.1) is 18.2 Å². The van der Waals surface area contributed by atoms with E-state index in [2.05, 4.69) is 40.3 Å². The van der Waals surface area contributed by atoms with Gasteiger partial charge in [0.2, 0.25) is 0 Å². The molecule has 0 saturated carbocycles. The Morgan fingerprint density at radius 2 is 2.22 bits per heavy atom. The molecule has 0 spiro atoms. The van der Waals surface area contributed by atoms with Crippen LogP contribution in [-0.4, -0.2) is 41.3 Å². The minimum absolute atomic E-state index is 0.121. The molecule has 1 aliphatic rings. The monoisotopic (exact) mass is 315 g/mol. The van der Waals surface area contributed by atoms with E-state index < -0.39 is 0 Å². The predicted octanol–water partition coefficient (Wildman–Crippen LogP) is 1.89. The number of rotatable bonds is 5. The molecule has 6 nitrogen and oxygen atoms in total. The summed E-state index contributed by atoms with van der Waals surface area (Å²) in [5, 5.41) is 3.67. The zero-order valence-electron chi connectivity index (χ0n) is 14.1. The van der Waals surface area contributed by atoms with E-state index in [1.54, 1.807) is 0 Å². The van der Waals surface area contributed by atoms with Crippen molar-refractivity contribution in [3.05, 3.63) is 42.2 Å². The zero-order valence-corrected chi connectivity index (χ0v) is 14.1. The quantitative estimate of drug-likeness (QED) is 0.913. The Morgan fingerprint density at radius 3 is 2.96 bits per heavy atom. The van der Waals surface area contributed by atoms with Crippen LogP contribution in [0.5, 0.6) is 0 Å². The minimum Gasteiger partial charge on any atom is -0.377 e. The van der Waals surface area contributed by atoms with Crippen molar-refractivity contribution in [1.82, 2.24) is 19.9 Å². The number of aromatic nitrogens is 3. The maximum absolute atomic E-state index is 5.93. The number of imidazole rings is 1. The Labute approximate surface area is 137 Å². The molecule has 2 aromatic rings. The van der Waals surface area contributed by atoms with Crippen molar-refractivity contribution < 1.29 is 4.74 Å². The lowest BCUT2D eigenvalue weighted by Gasteiger charge is -2.30. The average molecular weight is 315 g/mol. The van der Waals surface area contributed by atoms with Crippen LogP contribution in [0.3, 0.4) is 0 Å². The molecule has 0 aliphatic carbocycles. The second-order valence-corrected chi connectivity index (χ2v) is 6.29. The van der Waals surface area contributed by atoms with Gasteiger partial charge in [0.1, 0.15) is 6.10 Å². The highest BCUT2D eigenvalue weighted by atomic mass is 16.5. The van der Waals surface area contributed by atoms with Gasteiger partial charge in [-0.25, -0.2) is 4.98 Å². The van der Waals surface area contributed by atoms with E-state index in [9.17, 15) is 0 Å². The third-order valence-corrected chi connectivity index (χ3v) is 4.41. The number of aryl methyl sites for hydroxylation is 1. The Balaban J connectivity index is 1.62. The van der Waals surface area contributed by atoms with Crippen molar-refractivity contribution >= 4 is 5.69 Å². The molecule has 23 heavy (non-hydrogen) atoms. The number of hydrogen-bond acceptors (Lipinski definition) is 5. The highest BCUT2D eigenvalue weighted by molar-refractivity contribution is 5.50. The Kier molecular flexibility index (Phi) is 4.93. The molecule has 1 saturated heterocycles. The molecule has 3 heterocycles. The van der Waals surface area contributed by atoms with Crippen molar-refractivity contribution in [1.29, 1.82) is 0 Å². The molecule has 1 aliphatic heterocycles. The third kappa shape index (κ3) is 3.71. The van der Waals surface area contributed by atoms with Gasteiger partial charge in [0, 0.05) is 64.0 Å². The first-order chi connectivity index (χ1) is 11.1. The van der Waals surface area contributed by atoms with Crippen molar-refractivity contribution in [3.8, 4) is 0 Å². The topological polar surface area (TPSA) is 55.2 Å². The van der Waals surface area contributed by atoms with Crippen LogP contribution in [0.4, 0.5) is 5.69 Å². The highest BCUT2D eigenvalue weighted by Crippen LogP contribution is 2.28. The second kappa shape index (κ2) is 7.10. The number of nitrogens with zero attached hydrogens (tertiary/aromatic N) is 4. The molecular weight excluding hydrogens is 290 g/mol. The van der Waals surface area contributed by atoms with Crippen LogP contribution in [0.25, 0.3) is 0 Å². The van der Waals surface area contributed by atoms with Crippen molar-refractivity contribution in [2.24, 2.45) is 7.05 Å². The number of hydrogen-bond donors (Lipinski definition) is 1. The van der Waals surface area contributed by atoms with Crippen LogP contribution in [-0.2, 0) is 18.3 Å². The summed E-state index contributed by atoms with van der Waals surface area (Å²) in [6.07, 6.45) is 9.64. The van der Waals surface area contributed by atoms with E-state index in [1.165, 1.54) is 11.3 Å². The van der Waals surface area contributed by atoms with E-state index in [1.807, 2.05) is 36.5 Å². The Morgan fingerprint density at radius 1 is 1.35 bits per heavy atom. The van der Waals surface area contributed by atoms with E-state index in [0.717, 1.165) is 31.7 Å². The maximum Gasteiger partial charge on any atom is 0.100 e. The second-order valence-electron chi connectivity index (χ2n) is 6.29. The minimum atomic E-state index is 0.121. The zero-order chi connectivity index (χ0) is 16.2. The molecule has 1 fully saturated rings. The van der Waals surface area contributed by atoms with Gasteiger partial charge in [-0.3, -0.25) is 4.98 Å². The summed E-state index contributed by atoms with van der Waals surface area (Å²) in [6, 6.07) is 2.50. The molecule has 124 valence electrons. The molecule has 3 rings (SSSR count). The van der Waals surface area contributed by atoms with Crippen LogP contribution in [0.1, 0.15) is 30.2 Å². The molecular formula is C17H25N5O. The van der Waals surface area contributed by atoms with Gasteiger partial charge >= 0.3 is 0 Å². The highest BCUT2D eigenvalue weighted by Gasteiger charge is 2.25. The number of anilines is 1. The van der Waals surface area contributed by atoms with E-state index in [0.29, 0.717) is 6.04 Å². The average Bonchev–Trinajstić information content (AvgIpc) is 2.99. The summed E-state index contributed by atoms with van der Waals surface area (Å²) < 4.78 is 7.97. The standard InChI is InChI=1S/C17H25N5O/c1-21(2)15-4-6-18-9-13(15)10-20-14-5-7-23-17(8-14)16-11-19-12-22(16)3/h4,6,9,11-12,14,17,20H,5,7-8,10H2,1-3H3/t14-,17-/m0/s1. The molecule has 0 radical (unpaired) electrons. The Bertz CT molecular complexity index is 639. The molecule has 6 heteroatoms. The molecule has 0 aromatic carbocycles. The fourth-order valence-electron chi connectivity index (χ4n) is 3.11. The van der Waals surface area contributed by atoms with Crippen LogP contribution in [0.15, 0.2) is 31.0 Å². The smallest absolute Gasteiger partial charge is 0.100 e. The first-order valence-electron chi connectivity index (χ1n) is 8.06. The largest absolute Gasteiger partial charge is 0.377 e. The fraction of sp³-hybridized carbons (Fsp3) is 0.529. The van der Waals surface area contributed by atoms with E-state index in [-0.39, 0.29) is 6.10 Å². The van der Waals surface area contributed by atoms with Crippen LogP contribution >= 0.6 is 0 Å². The van der Waals surface area contributed by atoms with Gasteiger partial charge in [-0.15, -0.1) is 0 Å². The summed E-state index contributed by atoms with van der Waals surface area (Å²) in [4.78, 5) is 10.6. The van der Waals surface area contributed by atoms with Gasteiger partial charge in [-0.2, -0.15) is 0 Å². The molecule has 0 amide bonds. The lowest BCUT2D eigenvalue weighted by molar-refractivity contribution is -0.00403. The van der Waals surface area contributed by atoms with Crippen molar-refractivity contribution in [2.75, 3.05) is 25.6 Å². The fourth-order valence-corrected chi connectivity index (χ4v) is 3.11. The summed E-state index contributed by atoms with van der Waals surface area (Å²) in [6.45, 7) is 1.60. The molecule has 2 aromatic heterocycles. The number of ether oxygens (including phenoxy) is 1. The third-order valence-electron chi connectivity index (χ3n) is 4.41. The summed E-state index contributed by atoms with van der Waals surface area (Å²) in [7, 11) is 6.14. The van der Waals surface area contributed by atoms with Crippen LogP contribution < -0.4 is 10.2 Å². The predicted molar refractivity (Wildman–Crippen MR) is 90.3 cm³/mol. The maximum atomic E-state index is 5.93. The van der Waals surface area contributed by atoms with Gasteiger partial charge in [-0.1, -0.05) is 0 Å². The normalized spacial score (nSPS) is 21.3. The molecule has 1 N–H and O–H groups in total. The molecule has 2 atom stereocenters. The van der Waals surface area contributed by atoms with Crippen molar-refractivity contribution in [3.63, 3.8) is 0 Å². The number of pyridine rings is 1. The van der Waals surface area contributed by atoms with Crippen LogP contribution in [0.2, 0.25) is 0 Å². The number of nitrogens with one attached hydrogen (secondary N) is 1. The van der Waals surface area contributed by atoms with Crippen LogP contribution in [0, 0.1) is 0 Å².